The molecule has 1 aliphatic heterocycles. The Morgan fingerprint density at radius 3 is 1.90 bits per heavy atom. The van der Waals surface area contributed by atoms with Gasteiger partial charge in [0.05, 0.1) is 17.5 Å². The van der Waals surface area contributed by atoms with Gasteiger partial charge in [0.15, 0.2) is 0 Å². The number of nitrogens with zero attached hydrogens (tertiary/aromatic N) is 1. The van der Waals surface area contributed by atoms with E-state index in [-0.39, 0.29) is 0 Å². The zero-order chi connectivity index (χ0) is 15.9. The highest BCUT2D eigenvalue weighted by Crippen LogP contribution is 2.39. The van der Waals surface area contributed by atoms with Crippen LogP contribution in [0.1, 0.15) is 34.6 Å². The van der Waals surface area contributed by atoms with Crippen molar-refractivity contribution in [3.8, 4) is 0 Å². The molecule has 0 atom stereocenters. The Balaban J connectivity index is 3.19. The smallest absolute Gasteiger partial charge is 0.400 e. The highest BCUT2D eigenvalue weighted by molar-refractivity contribution is 7.88. The lowest BCUT2D eigenvalue weighted by molar-refractivity contribution is 0.00578. The minimum atomic E-state index is -3.35. The van der Waals surface area contributed by atoms with E-state index in [1.165, 1.54) is 17.4 Å². The van der Waals surface area contributed by atoms with Gasteiger partial charge in [-0.25, -0.2) is 8.42 Å². The molecular weight excluding hydrogens is 277 g/mol. The van der Waals surface area contributed by atoms with Gasteiger partial charge in [-0.3, -0.25) is 4.31 Å². The monoisotopic (exact) mass is 301 g/mol. The largest absolute Gasteiger partial charge is 0.492 e. The van der Waals surface area contributed by atoms with Crippen LogP contribution in [0.3, 0.4) is 0 Å². The molecule has 0 aromatic heterocycles. The lowest BCUT2D eigenvalue weighted by atomic mass is 9.78. The molecule has 1 aliphatic rings. The Kier molecular flexibility index (Phi) is 4.49. The van der Waals surface area contributed by atoms with Crippen molar-refractivity contribution < 1.29 is 17.7 Å². The standard InChI is InChI=1S/C13H24BNO4S/c1-9-11(15(7)20(8,16)17)10(2)14-18-12(3,4)13(5,6)19-14/h9H,1H2,2-8H3. The summed E-state index contributed by atoms with van der Waals surface area (Å²) < 4.78 is 36.4. The van der Waals surface area contributed by atoms with E-state index >= 15 is 0 Å². The summed E-state index contributed by atoms with van der Waals surface area (Å²) in [6, 6.07) is 0. The highest BCUT2D eigenvalue weighted by atomic mass is 32.2. The summed E-state index contributed by atoms with van der Waals surface area (Å²) in [5.41, 5.74) is 0.238. The first-order valence-electron chi connectivity index (χ1n) is 6.46. The molecule has 0 radical (unpaired) electrons. The molecule has 20 heavy (non-hydrogen) atoms. The third-order valence-corrected chi connectivity index (χ3v) is 5.23. The molecule has 0 spiro atoms. The molecule has 0 bridgehead atoms. The maximum absolute atomic E-state index is 11.7. The molecule has 5 nitrogen and oxygen atoms in total. The maximum atomic E-state index is 11.7. The van der Waals surface area contributed by atoms with E-state index in [9.17, 15) is 8.42 Å². The second-order valence-corrected chi connectivity index (χ2v) is 8.10. The zero-order valence-electron chi connectivity index (χ0n) is 13.4. The van der Waals surface area contributed by atoms with Gasteiger partial charge in [0.1, 0.15) is 0 Å². The Hall–Kier alpha value is -0.785. The molecule has 1 saturated heterocycles. The van der Waals surface area contributed by atoms with Crippen LogP contribution in [0.4, 0.5) is 0 Å². The number of allylic oxidation sites excluding steroid dienone is 2. The van der Waals surface area contributed by atoms with Gasteiger partial charge in [-0.1, -0.05) is 6.58 Å². The molecule has 114 valence electrons. The predicted molar refractivity (Wildman–Crippen MR) is 81.6 cm³/mol. The van der Waals surface area contributed by atoms with Crippen LogP contribution in [-0.2, 0) is 19.3 Å². The Labute approximate surface area is 122 Å². The highest BCUT2D eigenvalue weighted by Gasteiger charge is 2.52. The number of hydrogen-bond acceptors (Lipinski definition) is 4. The van der Waals surface area contributed by atoms with Gasteiger partial charge in [0.25, 0.3) is 0 Å². The van der Waals surface area contributed by atoms with Crippen molar-refractivity contribution in [2.24, 2.45) is 0 Å². The van der Waals surface area contributed by atoms with E-state index in [4.69, 9.17) is 9.31 Å². The fourth-order valence-corrected chi connectivity index (χ4v) is 2.43. The Morgan fingerprint density at radius 1 is 1.20 bits per heavy atom. The van der Waals surface area contributed by atoms with Crippen LogP contribution in [-0.4, -0.2) is 44.3 Å². The summed E-state index contributed by atoms with van der Waals surface area (Å²) >= 11 is 0. The number of rotatable bonds is 4. The molecule has 7 heteroatoms. The van der Waals surface area contributed by atoms with Crippen LogP contribution in [0.2, 0.25) is 0 Å². The number of hydrogen-bond donors (Lipinski definition) is 0. The second-order valence-electron chi connectivity index (χ2n) is 6.09. The van der Waals surface area contributed by atoms with Crippen LogP contribution in [0.25, 0.3) is 0 Å². The van der Waals surface area contributed by atoms with Gasteiger partial charge in [0.2, 0.25) is 10.0 Å². The lowest BCUT2D eigenvalue weighted by Gasteiger charge is -2.32. The number of likely N-dealkylation sites (N-methyl/N-ethyl adjacent to an activating group) is 1. The van der Waals surface area contributed by atoms with Gasteiger partial charge >= 0.3 is 7.12 Å². The molecule has 1 fully saturated rings. The first kappa shape index (κ1) is 17.3. The van der Waals surface area contributed by atoms with E-state index in [0.29, 0.717) is 11.2 Å². The van der Waals surface area contributed by atoms with Gasteiger partial charge in [-0.2, -0.15) is 0 Å². The quantitative estimate of drug-likeness (QED) is 0.588. The van der Waals surface area contributed by atoms with Crippen molar-refractivity contribution in [3.63, 3.8) is 0 Å². The summed E-state index contributed by atoms with van der Waals surface area (Å²) in [6.45, 7) is 13.3. The van der Waals surface area contributed by atoms with E-state index in [0.717, 1.165) is 6.26 Å². The molecule has 0 N–H and O–H groups in total. The maximum Gasteiger partial charge on any atom is 0.492 e. The average Bonchev–Trinajstić information content (AvgIpc) is 2.47. The molecule has 0 aromatic rings. The van der Waals surface area contributed by atoms with Crippen LogP contribution in [0.5, 0.6) is 0 Å². The summed E-state index contributed by atoms with van der Waals surface area (Å²) in [5.74, 6) is 0. The van der Waals surface area contributed by atoms with E-state index in [1.54, 1.807) is 6.92 Å². The summed E-state index contributed by atoms with van der Waals surface area (Å²) in [4.78, 5) is 0. The van der Waals surface area contributed by atoms with E-state index in [2.05, 4.69) is 6.58 Å². The molecular formula is C13H24BNO4S. The van der Waals surface area contributed by atoms with Crippen molar-refractivity contribution in [2.45, 2.75) is 45.8 Å². The van der Waals surface area contributed by atoms with E-state index < -0.39 is 28.3 Å². The minimum absolute atomic E-state index is 0.463. The SMILES string of the molecule is C=CC(=C(C)B1OC(C)(C)C(C)(C)O1)N(C)S(C)(=O)=O. The van der Waals surface area contributed by atoms with Gasteiger partial charge < -0.3 is 9.31 Å². The Morgan fingerprint density at radius 2 is 1.60 bits per heavy atom. The normalized spacial score (nSPS) is 22.4. The molecule has 0 unspecified atom stereocenters. The zero-order valence-corrected chi connectivity index (χ0v) is 14.2. The van der Waals surface area contributed by atoms with Gasteiger partial charge in [0, 0.05) is 12.7 Å². The fourth-order valence-electron chi connectivity index (χ4n) is 1.86. The van der Waals surface area contributed by atoms with Crippen LogP contribution < -0.4 is 0 Å². The van der Waals surface area contributed by atoms with Crippen molar-refractivity contribution >= 4 is 17.1 Å². The lowest BCUT2D eigenvalue weighted by Crippen LogP contribution is -2.41. The third kappa shape index (κ3) is 3.10. The molecule has 0 saturated carbocycles. The number of sulfonamides is 1. The van der Waals surface area contributed by atoms with Gasteiger partial charge in [-0.05, 0) is 46.2 Å². The Bertz CT molecular complexity index is 521. The molecule has 1 heterocycles. The van der Waals surface area contributed by atoms with Crippen molar-refractivity contribution in [1.29, 1.82) is 0 Å². The average molecular weight is 301 g/mol. The minimum Gasteiger partial charge on any atom is -0.400 e. The first-order valence-corrected chi connectivity index (χ1v) is 8.31. The van der Waals surface area contributed by atoms with Crippen LogP contribution in [0.15, 0.2) is 23.8 Å². The van der Waals surface area contributed by atoms with Crippen molar-refractivity contribution in [2.75, 3.05) is 13.3 Å². The summed E-state index contributed by atoms with van der Waals surface area (Å²) in [6.07, 6.45) is 2.65. The van der Waals surface area contributed by atoms with Crippen LogP contribution in [0, 0.1) is 0 Å². The van der Waals surface area contributed by atoms with E-state index in [1.807, 2.05) is 27.7 Å². The van der Waals surface area contributed by atoms with Crippen molar-refractivity contribution in [1.82, 2.24) is 4.31 Å². The molecule has 0 aliphatic carbocycles. The predicted octanol–water partition coefficient (Wildman–Crippen LogP) is 1.97. The van der Waals surface area contributed by atoms with Gasteiger partial charge in [-0.15, -0.1) is 0 Å². The fraction of sp³-hybridized carbons (Fsp3) is 0.692. The molecule has 0 amide bonds. The van der Waals surface area contributed by atoms with Crippen molar-refractivity contribution in [3.05, 3.63) is 23.8 Å². The van der Waals surface area contributed by atoms with Crippen LogP contribution >= 0.6 is 0 Å². The third-order valence-electron chi connectivity index (χ3n) is 4.04. The first-order chi connectivity index (χ1) is 8.83. The summed E-state index contributed by atoms with van der Waals surface area (Å²) in [5, 5.41) is 0. The molecule has 0 aromatic carbocycles. The second kappa shape index (κ2) is 5.20. The molecule has 1 rings (SSSR count). The topological polar surface area (TPSA) is 55.8 Å². The summed E-state index contributed by atoms with van der Waals surface area (Å²) in [7, 11) is -2.45.